The molecule has 0 atom stereocenters. The molecule has 0 aliphatic carbocycles. The first kappa shape index (κ1) is 21.7. The Kier molecular flexibility index (Phi) is 6.41. The van der Waals surface area contributed by atoms with Crippen LogP contribution in [0, 0.1) is 18.3 Å². The zero-order chi connectivity index (χ0) is 22.5. The monoisotopic (exact) mass is 418 g/mol. The molecule has 0 unspecified atom stereocenters. The van der Waals surface area contributed by atoms with Gasteiger partial charge in [-0.05, 0) is 49.2 Å². The molecule has 0 aliphatic rings. The minimum absolute atomic E-state index is 0.0110. The summed E-state index contributed by atoms with van der Waals surface area (Å²) in [6.45, 7) is 3.74. The van der Waals surface area contributed by atoms with E-state index in [4.69, 9.17) is 9.47 Å². The molecule has 3 aromatic rings. The van der Waals surface area contributed by atoms with Crippen molar-refractivity contribution < 1.29 is 19.4 Å². The molecule has 0 radical (unpaired) electrons. The largest absolute Gasteiger partial charge is 0.497 e. The molecule has 0 aliphatic heterocycles. The van der Waals surface area contributed by atoms with Crippen molar-refractivity contribution in [1.82, 2.24) is 4.57 Å². The SMILES string of the molecule is CCOc1cccc(C(=O)c2c(C)c(C#N)c(=O)n(Cc3ccc(OC)cc3)c2O)c1. The molecule has 0 bridgehead atoms. The van der Waals surface area contributed by atoms with E-state index in [0.29, 0.717) is 23.7 Å². The van der Waals surface area contributed by atoms with Crippen LogP contribution in [0.25, 0.3) is 0 Å². The van der Waals surface area contributed by atoms with Gasteiger partial charge in [0.25, 0.3) is 5.56 Å². The van der Waals surface area contributed by atoms with Gasteiger partial charge in [-0.15, -0.1) is 0 Å². The van der Waals surface area contributed by atoms with Gasteiger partial charge in [0.05, 0.1) is 25.8 Å². The van der Waals surface area contributed by atoms with Crippen molar-refractivity contribution in [1.29, 1.82) is 5.26 Å². The first-order chi connectivity index (χ1) is 14.9. The second kappa shape index (κ2) is 9.18. The van der Waals surface area contributed by atoms with Gasteiger partial charge in [-0.1, -0.05) is 24.3 Å². The van der Waals surface area contributed by atoms with Crippen LogP contribution in [0.1, 0.15) is 39.5 Å². The van der Waals surface area contributed by atoms with Crippen LogP contribution in [0.15, 0.2) is 53.3 Å². The molecule has 0 saturated heterocycles. The second-order valence-corrected chi connectivity index (χ2v) is 6.84. The quantitative estimate of drug-likeness (QED) is 0.590. The summed E-state index contributed by atoms with van der Waals surface area (Å²) in [5.41, 5.74) is 0.190. The summed E-state index contributed by atoms with van der Waals surface area (Å²) in [6, 6.07) is 15.3. The number of aromatic hydroxyl groups is 1. The van der Waals surface area contributed by atoms with Crippen LogP contribution >= 0.6 is 0 Å². The predicted octanol–water partition coefficient (Wildman–Crippen LogP) is 3.42. The highest BCUT2D eigenvalue weighted by Crippen LogP contribution is 2.27. The average molecular weight is 418 g/mol. The molecule has 158 valence electrons. The first-order valence-electron chi connectivity index (χ1n) is 9.68. The van der Waals surface area contributed by atoms with Crippen molar-refractivity contribution in [3.63, 3.8) is 0 Å². The van der Waals surface area contributed by atoms with Crippen molar-refractivity contribution in [2.75, 3.05) is 13.7 Å². The topological polar surface area (TPSA) is 102 Å². The van der Waals surface area contributed by atoms with E-state index in [-0.39, 0.29) is 28.8 Å². The van der Waals surface area contributed by atoms with Gasteiger partial charge < -0.3 is 14.6 Å². The number of hydrogen-bond donors (Lipinski definition) is 1. The molecule has 1 N–H and O–H groups in total. The highest BCUT2D eigenvalue weighted by Gasteiger charge is 2.25. The van der Waals surface area contributed by atoms with Gasteiger partial charge in [-0.2, -0.15) is 5.26 Å². The van der Waals surface area contributed by atoms with Gasteiger partial charge in [-0.3, -0.25) is 14.2 Å². The highest BCUT2D eigenvalue weighted by molar-refractivity contribution is 6.11. The Hall–Kier alpha value is -4.05. The Morgan fingerprint density at radius 3 is 2.48 bits per heavy atom. The van der Waals surface area contributed by atoms with Gasteiger partial charge >= 0.3 is 0 Å². The van der Waals surface area contributed by atoms with Crippen LogP contribution in [0.4, 0.5) is 0 Å². The fraction of sp³-hybridized carbons (Fsp3) is 0.208. The van der Waals surface area contributed by atoms with Crippen LogP contribution in [-0.2, 0) is 6.54 Å². The molecule has 0 amide bonds. The number of aromatic nitrogens is 1. The Morgan fingerprint density at radius 1 is 1.16 bits per heavy atom. The molecule has 1 heterocycles. The number of methoxy groups -OCH3 is 1. The maximum atomic E-state index is 13.3. The maximum Gasteiger partial charge on any atom is 0.271 e. The van der Waals surface area contributed by atoms with E-state index in [1.54, 1.807) is 55.6 Å². The van der Waals surface area contributed by atoms with E-state index >= 15 is 0 Å². The summed E-state index contributed by atoms with van der Waals surface area (Å²) in [6.07, 6.45) is 0. The van der Waals surface area contributed by atoms with E-state index in [2.05, 4.69) is 0 Å². The molecule has 31 heavy (non-hydrogen) atoms. The van der Waals surface area contributed by atoms with Crippen molar-refractivity contribution in [3.8, 4) is 23.4 Å². The lowest BCUT2D eigenvalue weighted by molar-refractivity contribution is 0.103. The Balaban J connectivity index is 2.13. The number of carbonyl (C=O) groups excluding carboxylic acids is 1. The number of nitrogens with zero attached hydrogens (tertiary/aromatic N) is 2. The summed E-state index contributed by atoms with van der Waals surface area (Å²) in [5, 5.41) is 20.5. The normalized spacial score (nSPS) is 10.4. The minimum Gasteiger partial charge on any atom is -0.497 e. The molecule has 7 nitrogen and oxygen atoms in total. The third-order valence-corrected chi connectivity index (χ3v) is 4.93. The van der Waals surface area contributed by atoms with Crippen molar-refractivity contribution in [3.05, 3.63) is 86.7 Å². The molecule has 2 aromatic carbocycles. The molecule has 0 spiro atoms. The Morgan fingerprint density at radius 2 is 1.87 bits per heavy atom. The first-order valence-corrected chi connectivity index (χ1v) is 9.68. The van der Waals surface area contributed by atoms with E-state index in [9.17, 15) is 20.0 Å². The van der Waals surface area contributed by atoms with Crippen LogP contribution in [0.2, 0.25) is 0 Å². The smallest absolute Gasteiger partial charge is 0.271 e. The molecular formula is C24H22N2O5. The summed E-state index contributed by atoms with van der Waals surface area (Å²) in [5.74, 6) is 0.171. The lowest BCUT2D eigenvalue weighted by atomic mass is 9.97. The zero-order valence-electron chi connectivity index (χ0n) is 17.5. The summed E-state index contributed by atoms with van der Waals surface area (Å²) >= 11 is 0. The van der Waals surface area contributed by atoms with Crippen molar-refractivity contribution >= 4 is 5.78 Å². The molecule has 1 aromatic heterocycles. The van der Waals surface area contributed by atoms with Crippen molar-refractivity contribution in [2.24, 2.45) is 0 Å². The summed E-state index contributed by atoms with van der Waals surface area (Å²) < 4.78 is 11.6. The minimum atomic E-state index is -0.659. The molecule has 0 fully saturated rings. The van der Waals surface area contributed by atoms with Crippen LogP contribution in [0.5, 0.6) is 17.4 Å². The standard InChI is InChI=1S/C24H22N2O5/c1-4-31-19-7-5-6-17(12-19)22(27)21-15(2)20(13-25)23(28)26(24(21)29)14-16-8-10-18(30-3)11-9-16/h5-12,29H,4,14H2,1-3H3. The molecule has 0 saturated carbocycles. The summed E-state index contributed by atoms with van der Waals surface area (Å²) in [4.78, 5) is 26.1. The van der Waals surface area contributed by atoms with Gasteiger partial charge in [0.15, 0.2) is 5.78 Å². The van der Waals surface area contributed by atoms with E-state index in [1.807, 2.05) is 13.0 Å². The van der Waals surface area contributed by atoms with Gasteiger partial charge in [-0.25, -0.2) is 0 Å². The van der Waals surface area contributed by atoms with Crippen LogP contribution in [0.3, 0.4) is 0 Å². The van der Waals surface area contributed by atoms with E-state index in [1.165, 1.54) is 6.92 Å². The second-order valence-electron chi connectivity index (χ2n) is 6.84. The number of pyridine rings is 1. The number of carbonyl (C=O) groups is 1. The number of ketones is 1. The van der Waals surface area contributed by atoms with Gasteiger partial charge in [0, 0.05) is 5.56 Å². The Bertz CT molecular complexity index is 1220. The third kappa shape index (κ3) is 4.28. The summed E-state index contributed by atoms with van der Waals surface area (Å²) in [7, 11) is 1.54. The fourth-order valence-electron chi connectivity index (χ4n) is 3.32. The van der Waals surface area contributed by atoms with Crippen LogP contribution < -0.4 is 15.0 Å². The maximum absolute atomic E-state index is 13.3. The number of ether oxygens (including phenoxy) is 2. The zero-order valence-corrected chi connectivity index (χ0v) is 17.5. The average Bonchev–Trinajstić information content (AvgIpc) is 2.78. The van der Waals surface area contributed by atoms with Crippen molar-refractivity contribution in [2.45, 2.75) is 20.4 Å². The number of nitriles is 1. The number of rotatable bonds is 7. The molecular weight excluding hydrogens is 396 g/mol. The molecule has 7 heteroatoms. The van der Waals surface area contributed by atoms with E-state index in [0.717, 1.165) is 4.57 Å². The lowest BCUT2D eigenvalue weighted by Gasteiger charge is -2.16. The number of hydrogen-bond acceptors (Lipinski definition) is 6. The lowest BCUT2D eigenvalue weighted by Crippen LogP contribution is -2.27. The molecule has 3 rings (SSSR count). The van der Waals surface area contributed by atoms with Crippen LogP contribution in [-0.4, -0.2) is 29.2 Å². The Labute approximate surface area is 179 Å². The van der Waals surface area contributed by atoms with Gasteiger partial charge in [0.2, 0.25) is 5.88 Å². The predicted molar refractivity (Wildman–Crippen MR) is 115 cm³/mol. The third-order valence-electron chi connectivity index (χ3n) is 4.93. The number of benzene rings is 2. The van der Waals surface area contributed by atoms with E-state index < -0.39 is 17.2 Å². The fourth-order valence-corrected chi connectivity index (χ4v) is 3.32. The van der Waals surface area contributed by atoms with Gasteiger partial charge in [0.1, 0.15) is 23.1 Å². The highest BCUT2D eigenvalue weighted by atomic mass is 16.5.